The number of aromatic nitrogens is 8. The lowest BCUT2D eigenvalue weighted by atomic mass is 9.96. The van der Waals surface area contributed by atoms with Gasteiger partial charge in [-0.15, -0.1) is 0 Å². The molecule has 40 heavy (non-hydrogen) atoms. The van der Waals surface area contributed by atoms with Crippen molar-refractivity contribution in [2.24, 2.45) is 5.92 Å². The van der Waals surface area contributed by atoms with Crippen LogP contribution in [0.5, 0.6) is 0 Å². The predicted octanol–water partition coefficient (Wildman–Crippen LogP) is 0.146. The molecule has 0 bridgehead atoms. The average Bonchev–Trinajstić information content (AvgIpc) is 3.71. The summed E-state index contributed by atoms with van der Waals surface area (Å²) in [5.41, 5.74) is 5.40. The van der Waals surface area contributed by atoms with Gasteiger partial charge in [-0.05, 0) is 18.8 Å². The second-order valence-corrected chi connectivity index (χ2v) is 10.8. The first-order valence-corrected chi connectivity index (χ1v) is 13.3. The zero-order chi connectivity index (χ0) is 27.5. The Morgan fingerprint density at radius 1 is 1.10 bits per heavy atom. The van der Waals surface area contributed by atoms with E-state index < -0.39 is 30.4 Å². The van der Waals surface area contributed by atoms with Crippen molar-refractivity contribution in [2.45, 2.75) is 55.8 Å². The van der Waals surface area contributed by atoms with Crippen LogP contribution in [0.15, 0.2) is 28.6 Å². The number of nitrogens with two attached hydrogens (primary N) is 1. The maximum Gasteiger partial charge on any atom is 0.280 e. The molecule has 4 aromatic rings. The number of imidazole rings is 2. The number of alkyl halides is 1. The highest BCUT2D eigenvalue weighted by Gasteiger charge is 2.50. The molecule has 19 heteroatoms. The molecular weight excluding hydrogens is 556 g/mol. The fraction of sp³-hybridized carbons (Fsp3) is 0.524. The maximum atomic E-state index is 15.2. The van der Waals surface area contributed by atoms with Crippen LogP contribution in [0.2, 0.25) is 0 Å². The third-order valence-corrected chi connectivity index (χ3v) is 8.34. The van der Waals surface area contributed by atoms with E-state index in [0.717, 1.165) is 0 Å². The van der Waals surface area contributed by atoms with E-state index in [2.05, 4.69) is 34.8 Å². The summed E-state index contributed by atoms with van der Waals surface area (Å²) < 4.78 is 41.8. The first kappa shape index (κ1) is 25.6. The Balaban J connectivity index is 1.01. The summed E-state index contributed by atoms with van der Waals surface area (Å²) >= 11 is 0. The first-order valence-electron chi connectivity index (χ1n) is 12.3. The maximum absolute atomic E-state index is 15.2. The fourth-order valence-electron chi connectivity index (χ4n) is 5.39. The Labute approximate surface area is 223 Å². The molecule has 3 aliphatic rings. The number of hydrogen-bond donors (Lipinski definition) is 4. The number of aromatic amines is 2. The average molecular weight is 579 g/mol. The Morgan fingerprint density at radius 3 is 2.73 bits per heavy atom. The second-order valence-electron chi connectivity index (χ2n) is 9.66. The summed E-state index contributed by atoms with van der Waals surface area (Å²) in [6.07, 6.45) is -1.21. The molecule has 5 N–H and O–H groups in total. The summed E-state index contributed by atoms with van der Waals surface area (Å²) in [4.78, 5) is 49.7. The summed E-state index contributed by atoms with van der Waals surface area (Å²) in [5, 5.41) is 9.42. The fourth-order valence-corrected chi connectivity index (χ4v) is 6.43. The van der Waals surface area contributed by atoms with Gasteiger partial charge in [0, 0.05) is 8.81 Å². The van der Waals surface area contributed by atoms with E-state index in [4.69, 9.17) is 24.5 Å². The zero-order valence-electron chi connectivity index (χ0n) is 20.4. The largest absolute Gasteiger partial charge is 0.369 e. The van der Waals surface area contributed by atoms with Crippen molar-refractivity contribution < 1.29 is 33.3 Å². The van der Waals surface area contributed by atoms with Crippen molar-refractivity contribution >= 4 is 37.1 Å². The molecule has 7 rings (SSSR count). The molecule has 3 unspecified atom stereocenters. The molecule has 7 heterocycles. The summed E-state index contributed by atoms with van der Waals surface area (Å²) in [6.45, 7) is 0.307. The van der Waals surface area contributed by atoms with Crippen LogP contribution in [0.4, 0.5) is 10.3 Å². The number of anilines is 1. The van der Waals surface area contributed by atoms with Crippen molar-refractivity contribution in [1.29, 1.82) is 0 Å². The van der Waals surface area contributed by atoms with E-state index in [1.165, 1.54) is 23.5 Å². The van der Waals surface area contributed by atoms with E-state index in [-0.39, 0.29) is 61.1 Å². The monoisotopic (exact) mass is 579 g/mol. The second kappa shape index (κ2) is 9.91. The van der Waals surface area contributed by atoms with Crippen molar-refractivity contribution in [3.8, 4) is 0 Å². The highest BCUT2D eigenvalue weighted by Crippen LogP contribution is 2.45. The van der Waals surface area contributed by atoms with Crippen LogP contribution in [0.1, 0.15) is 25.3 Å². The van der Waals surface area contributed by atoms with Gasteiger partial charge in [0.05, 0.1) is 37.5 Å². The van der Waals surface area contributed by atoms with Gasteiger partial charge in [0.2, 0.25) is 5.95 Å². The molecule has 0 spiro atoms. The highest BCUT2D eigenvalue weighted by molar-refractivity contribution is 7.32. The number of nitrogens with zero attached hydrogens (tertiary/aromatic N) is 6. The van der Waals surface area contributed by atoms with Gasteiger partial charge in [-0.2, -0.15) is 4.98 Å². The van der Waals surface area contributed by atoms with Crippen molar-refractivity contribution in [3.05, 3.63) is 39.7 Å². The van der Waals surface area contributed by atoms with Crippen LogP contribution in [0.25, 0.3) is 22.3 Å². The number of halogens is 1. The molecule has 3 saturated heterocycles. The normalized spacial score (nSPS) is 32.5. The zero-order valence-corrected chi connectivity index (χ0v) is 21.4. The Bertz CT molecular complexity index is 1680. The minimum atomic E-state index is -1.88. The van der Waals surface area contributed by atoms with E-state index in [1.807, 2.05) is 0 Å². The van der Waals surface area contributed by atoms with Crippen molar-refractivity contribution in [3.63, 3.8) is 0 Å². The Morgan fingerprint density at radius 2 is 1.90 bits per heavy atom. The lowest BCUT2D eigenvalue weighted by Crippen LogP contribution is -2.34. The molecule has 0 aromatic carbocycles. The van der Waals surface area contributed by atoms with E-state index in [9.17, 15) is 14.8 Å². The number of fused-ring (bicyclic) bond motifs is 3. The van der Waals surface area contributed by atoms with Crippen LogP contribution >= 0.6 is 8.81 Å². The van der Waals surface area contributed by atoms with Gasteiger partial charge in [0.1, 0.15) is 6.23 Å². The predicted molar refractivity (Wildman–Crippen MR) is 133 cm³/mol. The number of rotatable bonds is 6. The molecule has 0 aliphatic carbocycles. The lowest BCUT2D eigenvalue weighted by molar-refractivity contribution is -0.300. The molecule has 0 saturated carbocycles. The van der Waals surface area contributed by atoms with Gasteiger partial charge in [-0.3, -0.25) is 29.0 Å². The van der Waals surface area contributed by atoms with E-state index in [1.54, 1.807) is 4.57 Å². The number of hydrogen-bond acceptors (Lipinski definition) is 13. The van der Waals surface area contributed by atoms with Gasteiger partial charge in [0.25, 0.3) is 11.1 Å². The van der Waals surface area contributed by atoms with Gasteiger partial charge in [-0.1, -0.05) is 0 Å². The van der Waals surface area contributed by atoms with Crippen LogP contribution < -0.4 is 16.9 Å². The quantitative estimate of drug-likeness (QED) is 0.136. The van der Waals surface area contributed by atoms with Gasteiger partial charge >= 0.3 is 0 Å². The molecule has 9 atom stereocenters. The molecule has 3 fully saturated rings. The molecule has 3 aliphatic heterocycles. The van der Waals surface area contributed by atoms with Crippen LogP contribution in [0.3, 0.4) is 0 Å². The Kier molecular flexibility index (Phi) is 6.34. The SMILES string of the molecule is Nc1nc2c(ncn2[C@@H]2OC(OPC3C[C@H]4C[C@H](n5cnc6c(=O)[nH]cnc65)O[C@@H]4CO3)[C@@H](F)[C@H]2OO)c(=O)[nH]1. The smallest absolute Gasteiger partial charge is 0.280 e. The topological polar surface area (TPSA) is 220 Å². The van der Waals surface area contributed by atoms with Gasteiger partial charge in [-0.25, -0.2) is 24.2 Å². The van der Waals surface area contributed by atoms with Crippen LogP contribution in [0, 0.1) is 5.92 Å². The molecular formula is C21H23FN9O8P. The van der Waals surface area contributed by atoms with E-state index in [0.29, 0.717) is 25.1 Å². The van der Waals surface area contributed by atoms with Gasteiger partial charge in [0.15, 0.2) is 47.1 Å². The minimum Gasteiger partial charge on any atom is -0.369 e. The number of nitrogens with one attached hydrogen (secondary N) is 2. The Hall–Kier alpha value is -3.38. The molecule has 0 amide bonds. The standard InChI is InChI=1S/C21H23FN9O8P/c22-11-14(38-34)19(31-6-27-13-16(31)28-21(23)29-18(13)33)37-20(11)39-40-10-2-7-1-9(36-8(7)3-35-10)30-5-26-12-15(30)24-4-25-17(12)32/h4-11,14,19-20,34,40H,1-3H2,(H,24,25,32)(H3,23,28,29,33)/t7-,8-,9-,10?,11+,14-,19-,20?/m1/s1. The van der Waals surface area contributed by atoms with Crippen molar-refractivity contribution in [1.82, 2.24) is 39.0 Å². The number of nitrogen functional groups attached to an aromatic ring is 1. The summed E-state index contributed by atoms with van der Waals surface area (Å²) in [6, 6.07) is 0. The first-order chi connectivity index (χ1) is 19.4. The molecule has 212 valence electrons. The van der Waals surface area contributed by atoms with Crippen molar-refractivity contribution in [2.75, 3.05) is 12.3 Å². The minimum absolute atomic E-state index is 0.0338. The number of H-pyrrole nitrogens is 2. The van der Waals surface area contributed by atoms with E-state index >= 15 is 4.39 Å². The molecule has 0 radical (unpaired) electrons. The third kappa shape index (κ3) is 4.19. The highest BCUT2D eigenvalue weighted by atomic mass is 31.1. The van der Waals surface area contributed by atoms with Crippen LogP contribution in [-0.2, 0) is 23.6 Å². The van der Waals surface area contributed by atoms with Crippen LogP contribution in [-0.4, -0.2) is 81.4 Å². The molecule has 17 nitrogen and oxygen atoms in total. The van der Waals surface area contributed by atoms with Gasteiger partial charge < -0.3 is 29.5 Å². The number of ether oxygens (including phenoxy) is 3. The lowest BCUT2D eigenvalue weighted by Gasteiger charge is -2.31. The third-order valence-electron chi connectivity index (χ3n) is 7.31. The summed E-state index contributed by atoms with van der Waals surface area (Å²) in [5.74, 6) is -0.387. The summed E-state index contributed by atoms with van der Waals surface area (Å²) in [7, 11) is -0.294. The molecule has 4 aromatic heterocycles.